The Kier molecular flexibility index (Phi) is 5.63. The summed E-state index contributed by atoms with van der Waals surface area (Å²) in [5, 5.41) is 57.6. The van der Waals surface area contributed by atoms with Crippen molar-refractivity contribution in [2.24, 2.45) is 0 Å². The fraction of sp³-hybridized carbons (Fsp3) is 0.571. The lowest BCUT2D eigenvalue weighted by Crippen LogP contribution is -2.60. The first kappa shape index (κ1) is 17.7. The van der Waals surface area contributed by atoms with Gasteiger partial charge >= 0.3 is 0 Å². The summed E-state index contributed by atoms with van der Waals surface area (Å²) in [5.74, 6) is -0.433. The fourth-order valence-corrected chi connectivity index (χ4v) is 2.30. The van der Waals surface area contributed by atoms with Crippen molar-refractivity contribution >= 4 is 0 Å². The van der Waals surface area contributed by atoms with Gasteiger partial charge < -0.3 is 44.8 Å². The largest absolute Gasteiger partial charge is 0.504 e. The molecule has 9 nitrogen and oxygen atoms in total. The second kappa shape index (κ2) is 7.30. The van der Waals surface area contributed by atoms with Crippen molar-refractivity contribution in [3.8, 4) is 17.2 Å². The highest BCUT2D eigenvalue weighted by atomic mass is 16.7. The van der Waals surface area contributed by atoms with E-state index in [4.69, 9.17) is 24.4 Å². The summed E-state index contributed by atoms with van der Waals surface area (Å²) in [6, 6.07) is 2.77. The van der Waals surface area contributed by atoms with Crippen LogP contribution in [0.1, 0.15) is 5.56 Å². The van der Waals surface area contributed by atoms with E-state index in [9.17, 15) is 20.4 Å². The predicted molar refractivity (Wildman–Crippen MR) is 75.0 cm³/mol. The van der Waals surface area contributed by atoms with Gasteiger partial charge in [0.2, 0.25) is 12.0 Å². The van der Waals surface area contributed by atoms with Crippen molar-refractivity contribution in [2.45, 2.75) is 37.3 Å². The topological polar surface area (TPSA) is 149 Å². The van der Waals surface area contributed by atoms with Gasteiger partial charge in [-0.05, 0) is 12.1 Å². The number of aliphatic hydroxyl groups is 5. The number of aromatic hydroxyl groups is 1. The van der Waals surface area contributed by atoms with E-state index in [0.717, 1.165) is 0 Å². The van der Waals surface area contributed by atoms with Gasteiger partial charge in [-0.1, -0.05) is 0 Å². The highest BCUT2D eigenvalue weighted by Gasteiger charge is 2.45. The molecular weight excluding hydrogens is 312 g/mol. The second-order valence-electron chi connectivity index (χ2n) is 5.08. The molecule has 0 spiro atoms. The average Bonchev–Trinajstić information content (AvgIpc) is 2.55. The molecule has 1 heterocycles. The van der Waals surface area contributed by atoms with Crippen LogP contribution < -0.4 is 9.47 Å². The molecule has 1 aliphatic heterocycles. The minimum absolute atomic E-state index is 0.00784. The van der Waals surface area contributed by atoms with Crippen LogP contribution in [-0.4, -0.2) is 75.1 Å². The quantitative estimate of drug-likeness (QED) is 0.362. The van der Waals surface area contributed by atoms with Gasteiger partial charge in [0, 0.05) is 5.56 Å². The van der Waals surface area contributed by atoms with E-state index in [-0.39, 0.29) is 22.8 Å². The molecule has 130 valence electrons. The standard InChI is InChI=1S/C14H20O9/c1-21-13-7(3-2-6(4-15)9(13)17)22-14-12(20)11(19)10(18)8(5-16)23-14/h2-3,8,10-12,14-20H,4-5H2,1H3/t8-,10-,11+,12-,14?/m1/s1. The SMILES string of the molecule is COc1c(OC2O[C@H](CO)[C@@H](O)[C@H](O)[C@H]2O)ccc(CO)c1O. The molecule has 9 heteroatoms. The molecule has 1 saturated heterocycles. The maximum absolute atomic E-state index is 9.96. The molecular formula is C14H20O9. The third-order valence-corrected chi connectivity index (χ3v) is 3.64. The first-order valence-electron chi connectivity index (χ1n) is 6.91. The van der Waals surface area contributed by atoms with Gasteiger partial charge in [-0.25, -0.2) is 0 Å². The zero-order valence-electron chi connectivity index (χ0n) is 12.4. The number of hydrogen-bond acceptors (Lipinski definition) is 9. The Hall–Kier alpha value is -1.62. The van der Waals surface area contributed by atoms with E-state index >= 15 is 0 Å². The molecule has 2 rings (SSSR count). The molecule has 6 N–H and O–H groups in total. The molecule has 0 radical (unpaired) electrons. The van der Waals surface area contributed by atoms with Gasteiger partial charge in [0.15, 0.2) is 11.5 Å². The molecule has 1 unspecified atom stereocenters. The van der Waals surface area contributed by atoms with Crippen molar-refractivity contribution in [3.63, 3.8) is 0 Å². The molecule has 1 fully saturated rings. The van der Waals surface area contributed by atoms with E-state index in [0.29, 0.717) is 0 Å². The Morgan fingerprint density at radius 2 is 1.78 bits per heavy atom. The third kappa shape index (κ3) is 3.34. The monoisotopic (exact) mass is 332 g/mol. The second-order valence-corrected chi connectivity index (χ2v) is 5.08. The van der Waals surface area contributed by atoms with Crippen LogP contribution >= 0.6 is 0 Å². The van der Waals surface area contributed by atoms with Crippen molar-refractivity contribution in [1.29, 1.82) is 0 Å². The minimum atomic E-state index is -1.59. The van der Waals surface area contributed by atoms with Crippen LogP contribution in [0.4, 0.5) is 0 Å². The van der Waals surface area contributed by atoms with Crippen LogP contribution in [0.25, 0.3) is 0 Å². The van der Waals surface area contributed by atoms with Crippen LogP contribution in [0.3, 0.4) is 0 Å². The maximum Gasteiger partial charge on any atom is 0.229 e. The van der Waals surface area contributed by atoms with Crippen molar-refractivity contribution in [1.82, 2.24) is 0 Å². The normalized spacial score (nSPS) is 31.0. The Morgan fingerprint density at radius 3 is 2.35 bits per heavy atom. The molecule has 0 saturated carbocycles. The maximum atomic E-state index is 9.96. The van der Waals surface area contributed by atoms with E-state index in [2.05, 4.69) is 0 Å². The summed E-state index contributed by atoms with van der Waals surface area (Å²) in [4.78, 5) is 0. The fourth-order valence-electron chi connectivity index (χ4n) is 2.30. The van der Waals surface area contributed by atoms with E-state index in [1.54, 1.807) is 0 Å². The Balaban J connectivity index is 2.26. The number of aliphatic hydroxyl groups excluding tert-OH is 5. The summed E-state index contributed by atoms with van der Waals surface area (Å²) < 4.78 is 15.6. The van der Waals surface area contributed by atoms with E-state index in [1.165, 1.54) is 19.2 Å². The summed E-state index contributed by atoms with van der Waals surface area (Å²) in [5.41, 5.74) is 0.211. The van der Waals surface area contributed by atoms with Crippen molar-refractivity contribution < 1.29 is 44.8 Å². The van der Waals surface area contributed by atoms with Crippen LogP contribution in [0, 0.1) is 0 Å². The van der Waals surface area contributed by atoms with E-state index < -0.39 is 43.9 Å². The van der Waals surface area contributed by atoms with Crippen LogP contribution in [0.5, 0.6) is 17.2 Å². The summed E-state index contributed by atoms with van der Waals surface area (Å²) in [6.45, 7) is -1.00. The van der Waals surface area contributed by atoms with Crippen LogP contribution in [0.15, 0.2) is 12.1 Å². The summed E-state index contributed by atoms with van der Waals surface area (Å²) in [7, 11) is 1.27. The van der Waals surface area contributed by atoms with Crippen LogP contribution in [0.2, 0.25) is 0 Å². The molecule has 5 atom stereocenters. The lowest BCUT2D eigenvalue weighted by atomic mass is 9.99. The lowest BCUT2D eigenvalue weighted by molar-refractivity contribution is -0.277. The highest BCUT2D eigenvalue weighted by Crippen LogP contribution is 2.40. The molecule has 0 aromatic heterocycles. The molecule has 1 aromatic rings. The molecule has 23 heavy (non-hydrogen) atoms. The van der Waals surface area contributed by atoms with Gasteiger partial charge in [0.1, 0.15) is 24.4 Å². The highest BCUT2D eigenvalue weighted by molar-refractivity contribution is 5.54. The first-order chi connectivity index (χ1) is 10.9. The Labute approximate surface area is 131 Å². The van der Waals surface area contributed by atoms with Gasteiger partial charge in [-0.15, -0.1) is 0 Å². The van der Waals surface area contributed by atoms with Crippen LogP contribution in [-0.2, 0) is 11.3 Å². The minimum Gasteiger partial charge on any atom is -0.504 e. The lowest BCUT2D eigenvalue weighted by Gasteiger charge is -2.39. The van der Waals surface area contributed by atoms with Gasteiger partial charge in [0.05, 0.1) is 20.3 Å². The van der Waals surface area contributed by atoms with Crippen molar-refractivity contribution in [3.05, 3.63) is 17.7 Å². The molecule has 0 aliphatic carbocycles. The van der Waals surface area contributed by atoms with Gasteiger partial charge in [-0.2, -0.15) is 0 Å². The van der Waals surface area contributed by atoms with Crippen molar-refractivity contribution in [2.75, 3.05) is 13.7 Å². The number of phenols is 1. The molecule has 1 aromatic carbocycles. The third-order valence-electron chi connectivity index (χ3n) is 3.64. The van der Waals surface area contributed by atoms with E-state index in [1.807, 2.05) is 0 Å². The van der Waals surface area contributed by atoms with Gasteiger partial charge in [0.25, 0.3) is 0 Å². The number of methoxy groups -OCH3 is 1. The summed E-state index contributed by atoms with van der Waals surface area (Å²) in [6.07, 6.45) is -7.19. The predicted octanol–water partition coefficient (Wildman–Crippen LogP) is -1.93. The van der Waals surface area contributed by atoms with Gasteiger partial charge in [-0.3, -0.25) is 0 Å². The molecule has 1 aliphatic rings. The number of rotatable bonds is 5. The average molecular weight is 332 g/mol. The Morgan fingerprint density at radius 1 is 1.09 bits per heavy atom. The Bertz CT molecular complexity index is 533. The number of benzene rings is 1. The molecule has 0 amide bonds. The molecule has 0 bridgehead atoms. The zero-order chi connectivity index (χ0) is 17.1. The number of ether oxygens (including phenoxy) is 3. The number of hydrogen-bond donors (Lipinski definition) is 6. The smallest absolute Gasteiger partial charge is 0.229 e. The summed E-state index contributed by atoms with van der Waals surface area (Å²) >= 11 is 0. The first-order valence-corrected chi connectivity index (χ1v) is 6.91. The zero-order valence-corrected chi connectivity index (χ0v) is 12.4.